The van der Waals surface area contributed by atoms with Gasteiger partial charge in [-0.05, 0) is 103 Å². The third-order valence-corrected chi connectivity index (χ3v) is 10.2. The molecule has 0 aromatic heterocycles. The van der Waals surface area contributed by atoms with Crippen molar-refractivity contribution in [3.8, 4) is 11.1 Å². The molecule has 2 aliphatic rings. The quantitative estimate of drug-likeness (QED) is 0.204. The Morgan fingerprint density at radius 3 is 1.81 bits per heavy atom. The van der Waals surface area contributed by atoms with Gasteiger partial charge in [0.15, 0.2) is 0 Å². The van der Waals surface area contributed by atoms with Crippen molar-refractivity contribution in [1.82, 2.24) is 0 Å². The minimum absolute atomic E-state index is 0.475. The Bertz CT molecular complexity index is 2470. The summed E-state index contributed by atoms with van der Waals surface area (Å²) in [7, 11) is 0. The van der Waals surface area contributed by atoms with E-state index < -0.39 is 5.41 Å². The number of fused-ring (bicyclic) bond motifs is 12. The van der Waals surface area contributed by atoms with E-state index in [2.05, 4.69) is 186 Å². The second-order valence-corrected chi connectivity index (χ2v) is 12.6. The van der Waals surface area contributed by atoms with Crippen LogP contribution in [0.15, 0.2) is 176 Å². The number of nitrogens with zero attached hydrogens (tertiary/aromatic N) is 1. The predicted octanol–water partition coefficient (Wildman–Crippen LogP) is 11.9. The fourth-order valence-electron chi connectivity index (χ4n) is 8.29. The highest BCUT2D eigenvalue weighted by molar-refractivity contribution is 6.09. The molecular formula is C45H30N2. The van der Waals surface area contributed by atoms with Gasteiger partial charge in [0.05, 0.1) is 16.8 Å². The van der Waals surface area contributed by atoms with Crippen molar-refractivity contribution in [2.75, 3.05) is 10.2 Å². The van der Waals surface area contributed by atoms with Gasteiger partial charge in [0.2, 0.25) is 0 Å². The number of benzene rings is 8. The summed E-state index contributed by atoms with van der Waals surface area (Å²) < 4.78 is 0. The maximum absolute atomic E-state index is 3.71. The number of para-hydroxylation sites is 2. The van der Waals surface area contributed by atoms with Gasteiger partial charge in [-0.2, -0.15) is 0 Å². The average Bonchev–Trinajstić information content (AvgIpc) is 3.43. The van der Waals surface area contributed by atoms with Crippen LogP contribution in [0.5, 0.6) is 0 Å². The molecular weight excluding hydrogens is 569 g/mol. The zero-order valence-electron chi connectivity index (χ0n) is 25.7. The highest BCUT2D eigenvalue weighted by atomic mass is 15.2. The van der Waals surface area contributed by atoms with Crippen molar-refractivity contribution in [1.29, 1.82) is 0 Å². The summed E-state index contributed by atoms with van der Waals surface area (Å²) in [5.74, 6) is 0. The Hall–Kier alpha value is -6.12. The van der Waals surface area contributed by atoms with Gasteiger partial charge in [0, 0.05) is 17.1 Å². The fraction of sp³-hybridized carbons (Fsp3) is 0.0222. The molecule has 220 valence electrons. The molecule has 10 rings (SSSR count). The van der Waals surface area contributed by atoms with Crippen molar-refractivity contribution in [3.63, 3.8) is 0 Å². The Balaban J connectivity index is 1.28. The summed E-state index contributed by atoms with van der Waals surface area (Å²) in [6.45, 7) is 0. The fourth-order valence-corrected chi connectivity index (χ4v) is 8.29. The van der Waals surface area contributed by atoms with E-state index in [1.54, 1.807) is 0 Å². The van der Waals surface area contributed by atoms with E-state index >= 15 is 0 Å². The Morgan fingerprint density at radius 1 is 0.383 bits per heavy atom. The summed E-state index contributed by atoms with van der Waals surface area (Å²) in [4.78, 5) is 2.47. The normalized spacial score (nSPS) is 13.7. The van der Waals surface area contributed by atoms with Gasteiger partial charge < -0.3 is 10.2 Å². The molecule has 0 amide bonds. The lowest BCUT2D eigenvalue weighted by Crippen LogP contribution is -2.36. The lowest BCUT2D eigenvalue weighted by atomic mass is 9.64. The van der Waals surface area contributed by atoms with Gasteiger partial charge in [-0.25, -0.2) is 0 Å². The van der Waals surface area contributed by atoms with Crippen LogP contribution in [-0.2, 0) is 5.41 Å². The monoisotopic (exact) mass is 598 g/mol. The van der Waals surface area contributed by atoms with Crippen LogP contribution in [0.3, 0.4) is 0 Å². The molecule has 0 saturated heterocycles. The van der Waals surface area contributed by atoms with Crippen LogP contribution >= 0.6 is 0 Å². The lowest BCUT2D eigenvalue weighted by molar-refractivity contribution is 0.753. The zero-order chi connectivity index (χ0) is 31.0. The molecule has 8 aromatic carbocycles. The van der Waals surface area contributed by atoms with Crippen molar-refractivity contribution in [2.24, 2.45) is 0 Å². The van der Waals surface area contributed by atoms with Crippen LogP contribution in [0.2, 0.25) is 0 Å². The number of nitrogens with one attached hydrogen (secondary N) is 1. The van der Waals surface area contributed by atoms with Crippen molar-refractivity contribution in [3.05, 3.63) is 198 Å². The molecule has 1 heterocycles. The Kier molecular flexibility index (Phi) is 5.53. The lowest BCUT2D eigenvalue weighted by Gasteiger charge is -2.45. The second kappa shape index (κ2) is 9.94. The second-order valence-electron chi connectivity index (χ2n) is 12.6. The zero-order valence-corrected chi connectivity index (χ0v) is 25.7. The summed E-state index contributed by atoms with van der Waals surface area (Å²) in [6.07, 6.45) is 0. The molecule has 8 aromatic rings. The molecule has 1 aliphatic carbocycles. The molecule has 1 N–H and O–H groups in total. The molecule has 0 atom stereocenters. The van der Waals surface area contributed by atoms with Crippen molar-refractivity contribution >= 4 is 50.0 Å². The summed E-state index contributed by atoms with van der Waals surface area (Å²) in [6, 6.07) is 64.5. The molecule has 1 aliphatic heterocycles. The molecule has 47 heavy (non-hydrogen) atoms. The van der Waals surface area contributed by atoms with Crippen molar-refractivity contribution in [2.45, 2.75) is 5.41 Å². The van der Waals surface area contributed by atoms with Gasteiger partial charge in [-0.15, -0.1) is 0 Å². The van der Waals surface area contributed by atoms with E-state index in [1.807, 2.05) is 0 Å². The third-order valence-electron chi connectivity index (χ3n) is 10.2. The molecule has 0 fully saturated rings. The topological polar surface area (TPSA) is 15.3 Å². The number of rotatable bonds is 3. The summed E-state index contributed by atoms with van der Waals surface area (Å²) in [5.41, 5.74) is 13.0. The largest absolute Gasteiger partial charge is 0.356 e. The summed E-state index contributed by atoms with van der Waals surface area (Å²) in [5, 5.41) is 8.77. The minimum atomic E-state index is -0.475. The maximum Gasteiger partial charge on any atom is 0.0755 e. The van der Waals surface area contributed by atoms with E-state index in [-0.39, 0.29) is 0 Å². The average molecular weight is 599 g/mol. The van der Waals surface area contributed by atoms with Gasteiger partial charge in [0.25, 0.3) is 0 Å². The Morgan fingerprint density at radius 2 is 1.00 bits per heavy atom. The highest BCUT2D eigenvalue weighted by Crippen LogP contribution is 2.63. The summed E-state index contributed by atoms with van der Waals surface area (Å²) >= 11 is 0. The molecule has 0 unspecified atom stereocenters. The maximum atomic E-state index is 3.71. The van der Waals surface area contributed by atoms with Crippen LogP contribution < -0.4 is 10.2 Å². The molecule has 1 spiro atoms. The smallest absolute Gasteiger partial charge is 0.0755 e. The van der Waals surface area contributed by atoms with Crippen molar-refractivity contribution < 1.29 is 0 Å². The van der Waals surface area contributed by atoms with Crippen LogP contribution in [0.1, 0.15) is 22.3 Å². The molecule has 2 nitrogen and oxygen atoms in total. The Labute approximate surface area is 274 Å². The first kappa shape index (κ1) is 26.1. The van der Waals surface area contributed by atoms with Gasteiger partial charge in [0.1, 0.15) is 0 Å². The van der Waals surface area contributed by atoms with Gasteiger partial charge in [-0.3, -0.25) is 0 Å². The van der Waals surface area contributed by atoms with E-state index in [0.29, 0.717) is 0 Å². The predicted molar refractivity (Wildman–Crippen MR) is 197 cm³/mol. The van der Waals surface area contributed by atoms with Crippen LogP contribution in [-0.4, -0.2) is 0 Å². The molecule has 0 radical (unpaired) electrons. The van der Waals surface area contributed by atoms with Crippen LogP contribution in [0, 0.1) is 0 Å². The van der Waals surface area contributed by atoms with Crippen LogP contribution in [0.4, 0.5) is 28.4 Å². The molecule has 2 heteroatoms. The minimum Gasteiger partial charge on any atom is -0.356 e. The van der Waals surface area contributed by atoms with E-state index in [0.717, 1.165) is 17.1 Å². The first-order valence-corrected chi connectivity index (χ1v) is 16.3. The first-order valence-electron chi connectivity index (χ1n) is 16.3. The standard InChI is InChI=1S/C45H30N2/c1-2-13-32(14-3-1)46-33-24-27-44-42(29-33)45(39-18-8-6-16-37(39)38-17-7-9-19-40(38)45)41-20-10-11-21-43(41)47(44)34-25-26-36-31(28-34)23-22-30-12-4-5-15-35(30)36/h1-29,46H. The first-order chi connectivity index (χ1) is 23.3. The number of hydrogen-bond acceptors (Lipinski definition) is 2. The highest BCUT2D eigenvalue weighted by Gasteiger charge is 2.51. The van der Waals surface area contributed by atoms with E-state index in [1.165, 1.54) is 66.3 Å². The molecule has 0 saturated carbocycles. The van der Waals surface area contributed by atoms with Crippen LogP contribution in [0.25, 0.3) is 32.7 Å². The van der Waals surface area contributed by atoms with E-state index in [9.17, 15) is 0 Å². The SMILES string of the molecule is c1ccc(Nc2ccc3c(c2)C2(c4ccccc4-c4ccccc42)c2ccccc2N3c2ccc3c(ccc4ccccc43)c2)cc1. The molecule has 0 bridgehead atoms. The number of anilines is 5. The van der Waals surface area contributed by atoms with Gasteiger partial charge in [-0.1, -0.05) is 127 Å². The van der Waals surface area contributed by atoms with E-state index in [4.69, 9.17) is 0 Å². The van der Waals surface area contributed by atoms with Gasteiger partial charge >= 0.3 is 0 Å². The third kappa shape index (κ3) is 3.67. The number of hydrogen-bond donors (Lipinski definition) is 1.